The zero-order chi connectivity index (χ0) is 13.0. The first kappa shape index (κ1) is 12.8. The zero-order valence-electron chi connectivity index (χ0n) is 10.1. The van der Waals surface area contributed by atoms with Crippen LogP contribution in [-0.2, 0) is 0 Å². The first-order valence-corrected chi connectivity index (χ1v) is 6.66. The van der Waals surface area contributed by atoms with Crippen LogP contribution in [0, 0.1) is 5.82 Å². The van der Waals surface area contributed by atoms with E-state index in [1.807, 2.05) is 35.4 Å². The minimum Gasteiger partial charge on any atom is -0.364 e. The van der Waals surface area contributed by atoms with Gasteiger partial charge in [0.15, 0.2) is 5.78 Å². The highest BCUT2D eigenvalue weighted by Crippen LogP contribution is 2.17. The van der Waals surface area contributed by atoms with Crippen LogP contribution < -0.4 is 4.90 Å². The Bertz CT molecular complexity index is 524. The van der Waals surface area contributed by atoms with Crippen molar-refractivity contribution in [1.29, 1.82) is 0 Å². The number of carbonyl (C=O) groups is 1. The summed E-state index contributed by atoms with van der Waals surface area (Å²) in [4.78, 5) is 14.6. The van der Waals surface area contributed by atoms with Gasteiger partial charge in [-0.3, -0.25) is 4.79 Å². The third-order valence-electron chi connectivity index (χ3n) is 2.69. The van der Waals surface area contributed by atoms with Gasteiger partial charge >= 0.3 is 0 Å². The van der Waals surface area contributed by atoms with Crippen molar-refractivity contribution in [3.05, 3.63) is 52.5 Å². The first-order chi connectivity index (χ1) is 8.70. The minimum absolute atomic E-state index is 0.0658. The Labute approximate surface area is 110 Å². The molecule has 0 aliphatic carbocycles. The molecule has 0 amide bonds. The van der Waals surface area contributed by atoms with Gasteiger partial charge in [-0.15, -0.1) is 11.3 Å². The number of hydrogen-bond acceptors (Lipinski definition) is 3. The molecule has 0 aliphatic rings. The predicted octanol–water partition coefficient (Wildman–Crippen LogP) is 3.60. The third kappa shape index (κ3) is 2.96. The molecule has 0 fully saturated rings. The summed E-state index contributed by atoms with van der Waals surface area (Å²) in [5, 5.41) is 1.88. The molecular weight excluding hydrogens is 249 g/mol. The van der Waals surface area contributed by atoms with Gasteiger partial charge in [-0.25, -0.2) is 4.39 Å². The summed E-state index contributed by atoms with van der Waals surface area (Å²) < 4.78 is 13.2. The van der Waals surface area contributed by atoms with Crippen LogP contribution in [0.1, 0.15) is 16.6 Å². The lowest BCUT2D eigenvalue weighted by Crippen LogP contribution is -2.29. The van der Waals surface area contributed by atoms with Gasteiger partial charge in [-0.05, 0) is 36.6 Å². The maximum Gasteiger partial charge on any atom is 0.191 e. The van der Waals surface area contributed by atoms with E-state index in [2.05, 4.69) is 0 Å². The molecule has 94 valence electrons. The maximum absolute atomic E-state index is 13.2. The van der Waals surface area contributed by atoms with Crippen molar-refractivity contribution in [3.8, 4) is 0 Å². The van der Waals surface area contributed by atoms with Gasteiger partial charge in [0, 0.05) is 12.2 Å². The van der Waals surface area contributed by atoms with E-state index in [1.54, 1.807) is 6.07 Å². The Balaban J connectivity index is 2.13. The molecule has 0 saturated heterocycles. The second kappa shape index (κ2) is 5.78. The topological polar surface area (TPSA) is 20.3 Å². The summed E-state index contributed by atoms with van der Waals surface area (Å²) in [6.45, 7) is 2.90. The van der Waals surface area contributed by atoms with Crippen molar-refractivity contribution in [2.75, 3.05) is 18.0 Å². The molecule has 1 aromatic carbocycles. The maximum atomic E-state index is 13.2. The molecule has 4 heteroatoms. The number of ketones is 1. The van der Waals surface area contributed by atoms with E-state index >= 15 is 0 Å². The average Bonchev–Trinajstić information content (AvgIpc) is 2.89. The van der Waals surface area contributed by atoms with Gasteiger partial charge in [0.25, 0.3) is 0 Å². The lowest BCUT2D eigenvalue weighted by Gasteiger charge is -2.21. The van der Waals surface area contributed by atoms with Crippen LogP contribution in [-0.4, -0.2) is 18.9 Å². The quantitative estimate of drug-likeness (QED) is 0.768. The smallest absolute Gasteiger partial charge is 0.191 e. The minimum atomic E-state index is -0.283. The average molecular weight is 263 g/mol. The lowest BCUT2D eigenvalue weighted by atomic mass is 10.2. The molecule has 1 aromatic heterocycles. The predicted molar refractivity (Wildman–Crippen MR) is 72.9 cm³/mol. The van der Waals surface area contributed by atoms with Gasteiger partial charge < -0.3 is 4.90 Å². The number of halogens is 1. The number of hydrogen-bond donors (Lipinski definition) is 0. The molecule has 0 saturated carbocycles. The lowest BCUT2D eigenvalue weighted by molar-refractivity contribution is 0.100. The molecule has 0 radical (unpaired) electrons. The van der Waals surface area contributed by atoms with Crippen LogP contribution in [0.4, 0.5) is 10.1 Å². The van der Waals surface area contributed by atoms with Gasteiger partial charge in [0.1, 0.15) is 5.82 Å². The van der Waals surface area contributed by atoms with Crippen LogP contribution >= 0.6 is 11.3 Å². The molecule has 0 spiro atoms. The summed E-state index contributed by atoms with van der Waals surface area (Å²) >= 11 is 1.43. The van der Waals surface area contributed by atoms with Gasteiger partial charge in [0.05, 0.1) is 11.4 Å². The normalized spacial score (nSPS) is 10.3. The highest BCUT2D eigenvalue weighted by molar-refractivity contribution is 7.12. The van der Waals surface area contributed by atoms with Crippen molar-refractivity contribution >= 4 is 22.8 Å². The Morgan fingerprint density at radius 1 is 1.33 bits per heavy atom. The van der Waals surface area contributed by atoms with Crippen molar-refractivity contribution in [2.24, 2.45) is 0 Å². The number of nitrogens with zero attached hydrogens (tertiary/aromatic N) is 1. The molecule has 2 rings (SSSR count). The molecular formula is C14H14FNOS. The monoisotopic (exact) mass is 263 g/mol. The molecule has 0 N–H and O–H groups in total. The Kier molecular flexibility index (Phi) is 4.10. The Morgan fingerprint density at radius 3 is 2.78 bits per heavy atom. The van der Waals surface area contributed by atoms with E-state index in [1.165, 1.54) is 23.5 Å². The molecule has 2 nitrogen and oxygen atoms in total. The van der Waals surface area contributed by atoms with Gasteiger partial charge in [-0.1, -0.05) is 12.1 Å². The summed E-state index contributed by atoms with van der Waals surface area (Å²) in [6, 6.07) is 9.99. The summed E-state index contributed by atoms with van der Waals surface area (Å²) in [6.07, 6.45) is 0. The summed E-state index contributed by atoms with van der Waals surface area (Å²) in [7, 11) is 0. The first-order valence-electron chi connectivity index (χ1n) is 5.78. The van der Waals surface area contributed by atoms with E-state index in [0.717, 1.165) is 10.6 Å². The highest BCUT2D eigenvalue weighted by Gasteiger charge is 2.13. The van der Waals surface area contributed by atoms with Crippen LogP contribution in [0.3, 0.4) is 0 Å². The van der Waals surface area contributed by atoms with Gasteiger partial charge in [-0.2, -0.15) is 0 Å². The van der Waals surface area contributed by atoms with Crippen molar-refractivity contribution in [3.63, 3.8) is 0 Å². The number of carbonyl (C=O) groups excluding carboxylic acids is 1. The number of anilines is 1. The Hall–Kier alpha value is -1.68. The summed E-state index contributed by atoms with van der Waals surface area (Å²) in [5.41, 5.74) is 0.738. The molecule has 0 unspecified atom stereocenters. The fraction of sp³-hybridized carbons (Fsp3) is 0.214. The number of thiophene rings is 1. The molecule has 18 heavy (non-hydrogen) atoms. The van der Waals surface area contributed by atoms with E-state index in [0.29, 0.717) is 6.54 Å². The van der Waals surface area contributed by atoms with Crippen LogP contribution in [0.5, 0.6) is 0 Å². The number of benzene rings is 1. The number of rotatable bonds is 5. The van der Waals surface area contributed by atoms with Crippen LogP contribution in [0.15, 0.2) is 41.8 Å². The Morgan fingerprint density at radius 2 is 2.17 bits per heavy atom. The second-order valence-electron chi connectivity index (χ2n) is 3.89. The molecule has 0 atom stereocenters. The third-order valence-corrected chi connectivity index (χ3v) is 3.60. The van der Waals surface area contributed by atoms with E-state index in [4.69, 9.17) is 0 Å². The van der Waals surface area contributed by atoms with Crippen molar-refractivity contribution < 1.29 is 9.18 Å². The van der Waals surface area contributed by atoms with Crippen LogP contribution in [0.25, 0.3) is 0 Å². The molecule has 2 aromatic rings. The van der Waals surface area contributed by atoms with Crippen molar-refractivity contribution in [1.82, 2.24) is 0 Å². The molecule has 0 aliphatic heterocycles. The zero-order valence-corrected chi connectivity index (χ0v) is 10.9. The fourth-order valence-electron chi connectivity index (χ4n) is 1.75. The SMILES string of the molecule is CCN(CC(=O)c1cccs1)c1cccc(F)c1. The molecule has 0 bridgehead atoms. The van der Waals surface area contributed by atoms with E-state index < -0.39 is 0 Å². The van der Waals surface area contributed by atoms with Crippen molar-refractivity contribution in [2.45, 2.75) is 6.92 Å². The fourth-order valence-corrected chi connectivity index (χ4v) is 2.40. The number of likely N-dealkylation sites (N-methyl/N-ethyl adjacent to an activating group) is 1. The highest BCUT2D eigenvalue weighted by atomic mass is 32.1. The summed E-state index contributed by atoms with van der Waals surface area (Å²) in [5.74, 6) is -0.217. The standard InChI is InChI=1S/C14H14FNOS/c1-2-16(12-6-3-5-11(15)9-12)10-13(17)14-7-4-8-18-14/h3-9H,2,10H2,1H3. The molecule has 1 heterocycles. The van der Waals surface area contributed by atoms with E-state index in [-0.39, 0.29) is 18.1 Å². The largest absolute Gasteiger partial charge is 0.364 e. The number of Topliss-reactive ketones (excluding diaryl/α,β-unsaturated/α-hetero) is 1. The van der Waals surface area contributed by atoms with E-state index in [9.17, 15) is 9.18 Å². The second-order valence-corrected chi connectivity index (χ2v) is 4.84. The van der Waals surface area contributed by atoms with Gasteiger partial charge in [0.2, 0.25) is 0 Å². The van der Waals surface area contributed by atoms with Crippen LogP contribution in [0.2, 0.25) is 0 Å².